The number of carbonyl (C=O) groups excluding carboxylic acids is 1. The molecule has 0 bridgehead atoms. The van der Waals surface area contributed by atoms with Crippen LogP contribution in [0.5, 0.6) is 5.75 Å². The normalized spacial score (nSPS) is 17.1. The van der Waals surface area contributed by atoms with Gasteiger partial charge in [0.2, 0.25) is 0 Å². The van der Waals surface area contributed by atoms with Crippen molar-refractivity contribution in [3.63, 3.8) is 0 Å². The number of nitrogens with zero attached hydrogens (tertiary/aromatic N) is 3. The molecule has 0 unspecified atom stereocenters. The standard InChI is InChI=1S/C21H25FN4O2/c1-28-19-7-6-15(12-17(19)22)21(27)23-16-8-10-26(11-9-16)20-13-14-4-2-3-5-18(14)24-25-20/h6-7,12-13,16H,2-5,8-11H2,1H3,(H,23,27). The molecule has 7 heteroatoms. The number of ether oxygens (including phenoxy) is 1. The van der Waals surface area contributed by atoms with E-state index in [4.69, 9.17) is 4.74 Å². The lowest BCUT2D eigenvalue weighted by Gasteiger charge is -2.33. The Morgan fingerprint density at radius 1 is 1.18 bits per heavy atom. The van der Waals surface area contributed by atoms with Crippen LogP contribution in [-0.2, 0) is 12.8 Å². The minimum absolute atomic E-state index is 0.0690. The molecule has 1 saturated heterocycles. The third-order valence-electron chi connectivity index (χ3n) is 5.63. The Kier molecular flexibility index (Phi) is 5.41. The Hall–Kier alpha value is -2.70. The molecule has 0 spiro atoms. The van der Waals surface area contributed by atoms with E-state index in [1.807, 2.05) is 0 Å². The number of aryl methyl sites for hydroxylation is 2. The highest BCUT2D eigenvalue weighted by Gasteiger charge is 2.23. The van der Waals surface area contributed by atoms with Crippen LogP contribution in [0.4, 0.5) is 10.2 Å². The zero-order chi connectivity index (χ0) is 19.5. The number of halogens is 1. The van der Waals surface area contributed by atoms with E-state index >= 15 is 0 Å². The van der Waals surface area contributed by atoms with E-state index in [0.29, 0.717) is 5.56 Å². The summed E-state index contributed by atoms with van der Waals surface area (Å²) in [5.41, 5.74) is 2.78. The number of fused-ring (bicyclic) bond motifs is 1. The topological polar surface area (TPSA) is 67.3 Å². The van der Waals surface area contributed by atoms with Gasteiger partial charge in [-0.3, -0.25) is 4.79 Å². The van der Waals surface area contributed by atoms with Crippen molar-refractivity contribution in [1.29, 1.82) is 0 Å². The van der Waals surface area contributed by atoms with Crippen LogP contribution in [0, 0.1) is 5.82 Å². The molecular formula is C21H25FN4O2. The van der Waals surface area contributed by atoms with E-state index in [0.717, 1.165) is 50.3 Å². The summed E-state index contributed by atoms with van der Waals surface area (Å²) in [6.07, 6.45) is 6.18. The van der Waals surface area contributed by atoms with E-state index in [2.05, 4.69) is 26.5 Å². The lowest BCUT2D eigenvalue weighted by Crippen LogP contribution is -2.45. The molecule has 28 heavy (non-hydrogen) atoms. The number of nitrogens with one attached hydrogen (secondary N) is 1. The number of benzene rings is 1. The molecule has 2 heterocycles. The van der Waals surface area contributed by atoms with E-state index < -0.39 is 5.82 Å². The van der Waals surface area contributed by atoms with Crippen LogP contribution < -0.4 is 15.0 Å². The molecule has 1 N–H and O–H groups in total. The summed E-state index contributed by atoms with van der Waals surface area (Å²) in [5.74, 6) is 0.281. The quantitative estimate of drug-likeness (QED) is 0.878. The molecule has 148 valence electrons. The maximum Gasteiger partial charge on any atom is 0.251 e. The molecule has 0 saturated carbocycles. The number of hydrogen-bond acceptors (Lipinski definition) is 5. The summed E-state index contributed by atoms with van der Waals surface area (Å²) < 4.78 is 18.7. The lowest BCUT2D eigenvalue weighted by atomic mass is 9.96. The Balaban J connectivity index is 1.34. The highest BCUT2D eigenvalue weighted by molar-refractivity contribution is 5.94. The summed E-state index contributed by atoms with van der Waals surface area (Å²) in [5, 5.41) is 11.8. The molecule has 1 aliphatic carbocycles. The fraction of sp³-hybridized carbons (Fsp3) is 0.476. The van der Waals surface area contributed by atoms with Gasteiger partial charge < -0.3 is 15.0 Å². The summed E-state index contributed by atoms with van der Waals surface area (Å²) in [4.78, 5) is 14.7. The molecule has 6 nitrogen and oxygen atoms in total. The van der Waals surface area contributed by atoms with Gasteiger partial charge in [0, 0.05) is 24.7 Å². The van der Waals surface area contributed by atoms with Crippen molar-refractivity contribution in [3.05, 3.63) is 46.9 Å². The molecule has 2 aromatic rings. The fourth-order valence-electron chi connectivity index (χ4n) is 3.96. The van der Waals surface area contributed by atoms with E-state index in [1.54, 1.807) is 6.07 Å². The monoisotopic (exact) mass is 384 g/mol. The molecule has 1 fully saturated rings. The van der Waals surface area contributed by atoms with E-state index in [9.17, 15) is 9.18 Å². The van der Waals surface area contributed by atoms with Gasteiger partial charge in [0.1, 0.15) is 0 Å². The third-order valence-corrected chi connectivity index (χ3v) is 5.63. The molecule has 1 aromatic heterocycles. The second-order valence-electron chi connectivity index (χ2n) is 7.47. The summed E-state index contributed by atoms with van der Waals surface area (Å²) in [6, 6.07) is 6.52. The minimum Gasteiger partial charge on any atom is -0.494 e. The number of anilines is 1. The Labute approximate surface area is 164 Å². The average molecular weight is 384 g/mol. The number of rotatable bonds is 4. The fourth-order valence-corrected chi connectivity index (χ4v) is 3.96. The van der Waals surface area contributed by atoms with Gasteiger partial charge >= 0.3 is 0 Å². The molecule has 1 aliphatic heterocycles. The van der Waals surface area contributed by atoms with E-state index in [-0.39, 0.29) is 17.7 Å². The van der Waals surface area contributed by atoms with Crippen molar-refractivity contribution in [2.24, 2.45) is 0 Å². The van der Waals surface area contributed by atoms with E-state index in [1.165, 1.54) is 37.6 Å². The van der Waals surface area contributed by atoms with Crippen molar-refractivity contribution < 1.29 is 13.9 Å². The van der Waals surface area contributed by atoms with Gasteiger partial charge in [-0.15, -0.1) is 5.10 Å². The first-order valence-electron chi connectivity index (χ1n) is 9.89. The van der Waals surface area contributed by atoms with Crippen LogP contribution in [0.2, 0.25) is 0 Å². The zero-order valence-electron chi connectivity index (χ0n) is 16.1. The van der Waals surface area contributed by atoms with Crippen LogP contribution in [0.15, 0.2) is 24.3 Å². The molecule has 2 aliphatic rings. The van der Waals surface area contributed by atoms with Gasteiger partial charge in [0.15, 0.2) is 17.4 Å². The lowest BCUT2D eigenvalue weighted by molar-refractivity contribution is 0.0930. The van der Waals surface area contributed by atoms with Gasteiger partial charge in [-0.2, -0.15) is 5.10 Å². The number of methoxy groups -OCH3 is 1. The molecular weight excluding hydrogens is 359 g/mol. The number of hydrogen-bond donors (Lipinski definition) is 1. The highest BCUT2D eigenvalue weighted by atomic mass is 19.1. The van der Waals surface area contributed by atoms with Crippen molar-refractivity contribution in [3.8, 4) is 5.75 Å². The maximum absolute atomic E-state index is 13.8. The molecule has 1 aromatic carbocycles. The molecule has 0 atom stereocenters. The molecule has 4 rings (SSSR count). The Morgan fingerprint density at radius 2 is 1.96 bits per heavy atom. The first-order valence-corrected chi connectivity index (χ1v) is 9.89. The van der Waals surface area contributed by atoms with Crippen LogP contribution in [-0.4, -0.2) is 42.3 Å². The zero-order valence-corrected chi connectivity index (χ0v) is 16.1. The second kappa shape index (κ2) is 8.12. The van der Waals surface area contributed by atoms with Gasteiger partial charge in [0.05, 0.1) is 12.8 Å². The minimum atomic E-state index is -0.532. The van der Waals surface area contributed by atoms with Crippen LogP contribution in [0.1, 0.15) is 47.3 Å². The number of carbonyl (C=O) groups is 1. The highest BCUT2D eigenvalue weighted by Crippen LogP contribution is 2.24. The van der Waals surface area contributed by atoms with Crippen LogP contribution in [0.3, 0.4) is 0 Å². The predicted molar refractivity (Wildman–Crippen MR) is 104 cm³/mol. The first-order chi connectivity index (χ1) is 13.6. The smallest absolute Gasteiger partial charge is 0.251 e. The number of piperidine rings is 1. The van der Waals surface area contributed by atoms with Crippen molar-refractivity contribution in [2.45, 2.75) is 44.6 Å². The van der Waals surface area contributed by atoms with Crippen LogP contribution in [0.25, 0.3) is 0 Å². The SMILES string of the molecule is COc1ccc(C(=O)NC2CCN(c3cc4c(nn3)CCCC4)CC2)cc1F. The third kappa shape index (κ3) is 3.93. The Bertz CT molecular complexity index is 865. The molecule has 0 radical (unpaired) electrons. The number of amides is 1. The van der Waals surface area contributed by atoms with Gasteiger partial charge in [-0.25, -0.2) is 4.39 Å². The van der Waals surface area contributed by atoms with Crippen LogP contribution >= 0.6 is 0 Å². The summed E-state index contributed by atoms with van der Waals surface area (Å²) >= 11 is 0. The maximum atomic E-state index is 13.8. The summed E-state index contributed by atoms with van der Waals surface area (Å²) in [6.45, 7) is 1.63. The first kappa shape index (κ1) is 18.7. The van der Waals surface area contributed by atoms with Crippen molar-refractivity contribution >= 4 is 11.7 Å². The predicted octanol–water partition coefficient (Wildman–Crippen LogP) is 2.90. The van der Waals surface area contributed by atoms with Gasteiger partial charge in [-0.05, 0) is 68.4 Å². The Morgan fingerprint density at radius 3 is 2.71 bits per heavy atom. The molecule has 1 amide bonds. The van der Waals surface area contributed by atoms with Gasteiger partial charge in [-0.1, -0.05) is 0 Å². The number of aromatic nitrogens is 2. The second-order valence-corrected chi connectivity index (χ2v) is 7.47. The van der Waals surface area contributed by atoms with Crippen molar-refractivity contribution in [1.82, 2.24) is 15.5 Å². The average Bonchev–Trinajstić information content (AvgIpc) is 2.74. The summed E-state index contributed by atoms with van der Waals surface area (Å²) in [7, 11) is 1.40. The largest absolute Gasteiger partial charge is 0.494 e. The van der Waals surface area contributed by atoms with Gasteiger partial charge in [0.25, 0.3) is 5.91 Å². The van der Waals surface area contributed by atoms with Crippen molar-refractivity contribution in [2.75, 3.05) is 25.1 Å².